The molecule has 0 amide bonds. The Bertz CT molecular complexity index is 630. The predicted octanol–water partition coefficient (Wildman–Crippen LogP) is 2.41. The van der Waals surface area contributed by atoms with E-state index in [0.717, 1.165) is 22.6 Å². The number of benzene rings is 1. The van der Waals surface area contributed by atoms with E-state index in [1.165, 1.54) is 10.9 Å². The summed E-state index contributed by atoms with van der Waals surface area (Å²) in [5.41, 5.74) is 7.55. The first-order chi connectivity index (χ1) is 8.25. The topological polar surface area (TPSA) is 52.5 Å². The Hall–Kier alpha value is -2.10. The highest BCUT2D eigenvalue weighted by atomic mass is 15.3. The van der Waals surface area contributed by atoms with Crippen LogP contribution in [0.5, 0.6) is 0 Å². The van der Waals surface area contributed by atoms with Gasteiger partial charge in [-0.3, -0.25) is 10.4 Å². The zero-order valence-corrected chi connectivity index (χ0v) is 9.91. The van der Waals surface area contributed by atoms with Crippen LogP contribution in [-0.2, 0) is 6.54 Å². The van der Waals surface area contributed by atoms with E-state index in [9.17, 15) is 0 Å². The van der Waals surface area contributed by atoms with Crippen LogP contribution in [-0.4, -0.2) is 16.5 Å². The lowest BCUT2D eigenvalue weighted by Gasteiger charge is -2.13. The second-order valence-electron chi connectivity index (χ2n) is 4.38. The number of aromatic nitrogens is 1. The molecule has 0 unspecified atom stereocenters. The number of hydrazone groups is 1. The number of aromatic amines is 1. The van der Waals surface area contributed by atoms with Crippen molar-refractivity contribution in [1.29, 1.82) is 0 Å². The molecule has 17 heavy (non-hydrogen) atoms. The molecule has 2 heterocycles. The van der Waals surface area contributed by atoms with Gasteiger partial charge in [-0.2, -0.15) is 5.10 Å². The maximum absolute atomic E-state index is 4.52. The minimum absolute atomic E-state index is 0.706. The second kappa shape index (κ2) is 3.73. The van der Waals surface area contributed by atoms with Crippen molar-refractivity contribution in [3.05, 3.63) is 35.5 Å². The Morgan fingerprint density at radius 1 is 1.41 bits per heavy atom. The molecule has 0 spiro atoms. The summed E-state index contributed by atoms with van der Waals surface area (Å²) in [6, 6.07) is 6.19. The molecular weight excluding hydrogens is 212 g/mol. The molecule has 0 saturated carbocycles. The lowest BCUT2D eigenvalue weighted by atomic mass is 10.0. The van der Waals surface area contributed by atoms with Gasteiger partial charge in [0.15, 0.2) is 0 Å². The van der Waals surface area contributed by atoms with Crippen molar-refractivity contribution in [2.45, 2.75) is 20.4 Å². The van der Waals surface area contributed by atoms with Gasteiger partial charge in [0.25, 0.3) is 0 Å². The molecule has 0 fully saturated rings. The largest absolute Gasteiger partial charge is 0.361 e. The first kappa shape index (κ1) is 10.1. The number of aliphatic imine (C=N–C) groups is 1. The standard InChI is InChI=1S/C13H14N4/c1-8(2)16-17-13-10-4-3-5-11-12(10)9(6-14-11)7-15-13/h3-6,14H,7H2,1-2H3,(H,15,17). The van der Waals surface area contributed by atoms with Gasteiger partial charge in [-0.15, -0.1) is 0 Å². The highest BCUT2D eigenvalue weighted by molar-refractivity contribution is 6.11. The van der Waals surface area contributed by atoms with E-state index in [4.69, 9.17) is 0 Å². The van der Waals surface area contributed by atoms with E-state index in [1.807, 2.05) is 26.1 Å². The summed E-state index contributed by atoms with van der Waals surface area (Å²) in [6.07, 6.45) is 2.03. The summed E-state index contributed by atoms with van der Waals surface area (Å²) in [5.74, 6) is 0.851. The van der Waals surface area contributed by atoms with Crippen LogP contribution in [0, 0.1) is 0 Å². The molecule has 86 valence electrons. The average Bonchev–Trinajstić information content (AvgIpc) is 2.74. The molecule has 0 saturated heterocycles. The van der Waals surface area contributed by atoms with E-state index >= 15 is 0 Å². The molecule has 0 bridgehead atoms. The number of hydrogen-bond donors (Lipinski definition) is 2. The Balaban J connectivity index is 2.10. The van der Waals surface area contributed by atoms with Gasteiger partial charge in [0, 0.05) is 28.4 Å². The lowest BCUT2D eigenvalue weighted by molar-refractivity contribution is 0.966. The highest BCUT2D eigenvalue weighted by Gasteiger charge is 2.16. The molecule has 4 nitrogen and oxygen atoms in total. The van der Waals surface area contributed by atoms with Crippen molar-refractivity contribution in [3.8, 4) is 0 Å². The van der Waals surface area contributed by atoms with Crippen LogP contribution in [0.25, 0.3) is 10.9 Å². The molecule has 0 radical (unpaired) electrons. The van der Waals surface area contributed by atoms with Gasteiger partial charge in [-0.25, -0.2) is 0 Å². The Kier molecular flexibility index (Phi) is 2.21. The smallest absolute Gasteiger partial charge is 0.149 e. The van der Waals surface area contributed by atoms with Gasteiger partial charge in [0.2, 0.25) is 0 Å². The fourth-order valence-electron chi connectivity index (χ4n) is 2.09. The number of nitrogens with zero attached hydrogens (tertiary/aromatic N) is 2. The quantitative estimate of drug-likeness (QED) is 0.569. The number of hydrogen-bond acceptors (Lipinski definition) is 3. The molecule has 2 aromatic rings. The van der Waals surface area contributed by atoms with Crippen molar-refractivity contribution in [3.63, 3.8) is 0 Å². The van der Waals surface area contributed by atoms with E-state index in [2.05, 4.69) is 32.6 Å². The van der Waals surface area contributed by atoms with Crippen molar-refractivity contribution < 1.29 is 0 Å². The zero-order valence-electron chi connectivity index (χ0n) is 9.91. The van der Waals surface area contributed by atoms with E-state index in [1.54, 1.807) is 0 Å². The van der Waals surface area contributed by atoms with Gasteiger partial charge in [-0.05, 0) is 25.5 Å². The molecule has 1 aromatic heterocycles. The van der Waals surface area contributed by atoms with Crippen molar-refractivity contribution in [1.82, 2.24) is 10.4 Å². The van der Waals surface area contributed by atoms with Crippen LogP contribution >= 0.6 is 0 Å². The SMILES string of the molecule is CC(C)=NNC1=NCc2c[nH]c3cccc1c23. The van der Waals surface area contributed by atoms with Crippen LogP contribution < -0.4 is 5.43 Å². The first-order valence-electron chi connectivity index (χ1n) is 5.66. The van der Waals surface area contributed by atoms with Crippen LogP contribution in [0.15, 0.2) is 34.5 Å². The first-order valence-corrected chi connectivity index (χ1v) is 5.66. The highest BCUT2D eigenvalue weighted by Crippen LogP contribution is 2.26. The molecule has 1 aliphatic rings. The fraction of sp³-hybridized carbons (Fsp3) is 0.231. The van der Waals surface area contributed by atoms with Crippen LogP contribution in [0.2, 0.25) is 0 Å². The minimum Gasteiger partial charge on any atom is -0.361 e. The van der Waals surface area contributed by atoms with E-state index in [0.29, 0.717) is 6.54 Å². The van der Waals surface area contributed by atoms with Gasteiger partial charge < -0.3 is 4.98 Å². The summed E-state index contributed by atoms with van der Waals surface area (Å²) in [5, 5.41) is 5.48. The maximum atomic E-state index is 4.52. The summed E-state index contributed by atoms with van der Waals surface area (Å²) < 4.78 is 0. The van der Waals surface area contributed by atoms with Gasteiger partial charge >= 0.3 is 0 Å². The van der Waals surface area contributed by atoms with Crippen molar-refractivity contribution in [2.75, 3.05) is 0 Å². The predicted molar refractivity (Wildman–Crippen MR) is 70.5 cm³/mol. The van der Waals surface area contributed by atoms with E-state index < -0.39 is 0 Å². The lowest BCUT2D eigenvalue weighted by Crippen LogP contribution is -2.22. The maximum Gasteiger partial charge on any atom is 0.149 e. The summed E-state index contributed by atoms with van der Waals surface area (Å²) >= 11 is 0. The molecule has 1 aromatic carbocycles. The van der Waals surface area contributed by atoms with Gasteiger partial charge in [0.05, 0.1) is 6.54 Å². The molecular formula is C13H14N4. The number of nitrogens with one attached hydrogen (secondary N) is 2. The third-order valence-corrected chi connectivity index (χ3v) is 2.84. The monoisotopic (exact) mass is 226 g/mol. The molecule has 2 N–H and O–H groups in total. The number of H-pyrrole nitrogens is 1. The fourth-order valence-corrected chi connectivity index (χ4v) is 2.09. The third kappa shape index (κ3) is 1.62. The molecule has 0 atom stereocenters. The summed E-state index contributed by atoms with van der Waals surface area (Å²) in [7, 11) is 0. The second-order valence-corrected chi connectivity index (χ2v) is 4.38. The number of rotatable bonds is 1. The molecule has 0 aliphatic carbocycles. The van der Waals surface area contributed by atoms with Crippen LogP contribution in [0.4, 0.5) is 0 Å². The molecule has 3 rings (SSSR count). The normalized spacial score (nSPS) is 13.4. The molecule has 1 aliphatic heterocycles. The van der Waals surface area contributed by atoms with Crippen LogP contribution in [0.3, 0.4) is 0 Å². The zero-order chi connectivity index (χ0) is 11.8. The average molecular weight is 226 g/mol. The molecule has 4 heteroatoms. The Morgan fingerprint density at radius 2 is 2.29 bits per heavy atom. The van der Waals surface area contributed by atoms with Gasteiger partial charge in [-0.1, -0.05) is 12.1 Å². The number of amidine groups is 1. The Morgan fingerprint density at radius 3 is 3.12 bits per heavy atom. The summed E-state index contributed by atoms with van der Waals surface area (Å²) in [6.45, 7) is 4.62. The van der Waals surface area contributed by atoms with E-state index in [-0.39, 0.29) is 0 Å². The third-order valence-electron chi connectivity index (χ3n) is 2.84. The van der Waals surface area contributed by atoms with Gasteiger partial charge in [0.1, 0.15) is 5.84 Å². The van der Waals surface area contributed by atoms with Crippen molar-refractivity contribution in [2.24, 2.45) is 10.1 Å². The van der Waals surface area contributed by atoms with Crippen LogP contribution in [0.1, 0.15) is 25.0 Å². The van der Waals surface area contributed by atoms with Crippen molar-refractivity contribution >= 4 is 22.5 Å². The summed E-state index contributed by atoms with van der Waals surface area (Å²) in [4.78, 5) is 7.79. The Labute approximate surface area is 99.5 Å². The minimum atomic E-state index is 0.706.